The smallest absolute Gasteiger partial charge is 0.293 e. The number of thiophene rings is 2. The van der Waals surface area contributed by atoms with E-state index >= 15 is 0 Å². The van der Waals surface area contributed by atoms with Gasteiger partial charge in [0.25, 0.3) is 0 Å². The number of rotatable bonds is 5. The van der Waals surface area contributed by atoms with Crippen LogP contribution >= 0.6 is 38.6 Å². The third-order valence-corrected chi connectivity index (χ3v) is 7.89. The van der Waals surface area contributed by atoms with Gasteiger partial charge in [0, 0.05) is 22.3 Å². The molecule has 0 aliphatic heterocycles. The summed E-state index contributed by atoms with van der Waals surface area (Å²) < 4.78 is 0.946. The number of nitrogens with zero attached hydrogens (tertiary/aromatic N) is 3. The van der Waals surface area contributed by atoms with Gasteiger partial charge in [0.1, 0.15) is 10.0 Å². The minimum atomic E-state index is -0.438. The van der Waals surface area contributed by atoms with Crippen molar-refractivity contribution >= 4 is 85.8 Å². The summed E-state index contributed by atoms with van der Waals surface area (Å²) in [6.45, 7) is 0. The molecular formula is C22H12BrN3O4S2. The highest BCUT2D eigenvalue weighted by Crippen LogP contribution is 2.46. The highest BCUT2D eigenvalue weighted by molar-refractivity contribution is 9.10. The molecule has 2 heterocycles. The third-order valence-electron chi connectivity index (χ3n) is 5.00. The largest absolute Gasteiger partial charge is 0.326 e. The summed E-state index contributed by atoms with van der Waals surface area (Å²) in [5, 5.41) is 27.9. The minimum absolute atomic E-state index is 0.00372. The van der Waals surface area contributed by atoms with Crippen LogP contribution < -0.4 is 4.90 Å². The van der Waals surface area contributed by atoms with E-state index in [9.17, 15) is 20.2 Å². The summed E-state index contributed by atoms with van der Waals surface area (Å²) in [5.41, 5.74) is 0.752. The number of nitro groups is 2. The van der Waals surface area contributed by atoms with E-state index in [-0.39, 0.29) is 10.0 Å². The molecule has 0 saturated heterocycles. The summed E-state index contributed by atoms with van der Waals surface area (Å²) >= 11 is 5.77. The van der Waals surface area contributed by atoms with Crippen LogP contribution in [0.4, 0.5) is 25.7 Å². The molecule has 158 valence electrons. The maximum absolute atomic E-state index is 11.3. The second-order valence-corrected chi connectivity index (χ2v) is 9.76. The first-order valence-corrected chi connectivity index (χ1v) is 11.7. The molecule has 0 atom stereocenters. The van der Waals surface area contributed by atoms with Crippen LogP contribution in [-0.4, -0.2) is 9.85 Å². The standard InChI is InChI=1S/C22H12BrN3O4S2/c23-22-16-4-2-1-3-13(16)11-14-5-6-15(12-17(14)22)24(18-7-9-20(31-18)25(27)28)19-8-10-21(32-19)26(29)30/h1-12H. The van der Waals surface area contributed by atoms with Crippen molar-refractivity contribution in [1.82, 2.24) is 0 Å². The Morgan fingerprint density at radius 1 is 0.719 bits per heavy atom. The minimum Gasteiger partial charge on any atom is -0.293 e. The Morgan fingerprint density at radius 2 is 1.31 bits per heavy atom. The molecule has 0 fully saturated rings. The summed E-state index contributed by atoms with van der Waals surface area (Å²) in [6, 6.07) is 22.3. The predicted molar refractivity (Wildman–Crippen MR) is 133 cm³/mol. The molecule has 0 unspecified atom stereocenters. The van der Waals surface area contributed by atoms with Gasteiger partial charge < -0.3 is 0 Å². The van der Waals surface area contributed by atoms with Gasteiger partial charge in [0.2, 0.25) is 0 Å². The van der Waals surface area contributed by atoms with Gasteiger partial charge in [-0.1, -0.05) is 30.3 Å². The number of anilines is 3. The summed E-state index contributed by atoms with van der Waals surface area (Å²) in [7, 11) is 0. The highest BCUT2D eigenvalue weighted by atomic mass is 79.9. The van der Waals surface area contributed by atoms with Gasteiger partial charge in [-0.15, -0.1) is 0 Å². The maximum atomic E-state index is 11.3. The average molecular weight is 526 g/mol. The van der Waals surface area contributed by atoms with E-state index in [4.69, 9.17) is 0 Å². The number of fused-ring (bicyclic) bond motifs is 2. The molecule has 0 aliphatic carbocycles. The normalized spacial score (nSPS) is 11.2. The molecule has 7 nitrogen and oxygen atoms in total. The average Bonchev–Trinajstić information content (AvgIpc) is 3.45. The van der Waals surface area contributed by atoms with E-state index < -0.39 is 9.85 Å². The van der Waals surface area contributed by atoms with Crippen LogP contribution in [0.5, 0.6) is 0 Å². The molecule has 0 N–H and O–H groups in total. The molecule has 0 spiro atoms. The van der Waals surface area contributed by atoms with Gasteiger partial charge in [-0.3, -0.25) is 25.1 Å². The van der Waals surface area contributed by atoms with Crippen LogP contribution in [0.25, 0.3) is 21.5 Å². The highest BCUT2D eigenvalue weighted by Gasteiger charge is 2.22. The first-order chi connectivity index (χ1) is 15.4. The predicted octanol–water partition coefficient (Wildman–Crippen LogP) is 8.16. The van der Waals surface area contributed by atoms with Gasteiger partial charge >= 0.3 is 10.0 Å². The zero-order valence-corrected chi connectivity index (χ0v) is 19.3. The van der Waals surface area contributed by atoms with Crippen molar-refractivity contribution in [3.8, 4) is 0 Å². The second kappa shape index (κ2) is 7.97. The number of hydrogen-bond donors (Lipinski definition) is 0. The lowest BCUT2D eigenvalue weighted by Crippen LogP contribution is -2.06. The first-order valence-electron chi connectivity index (χ1n) is 9.32. The van der Waals surface area contributed by atoms with E-state index in [1.54, 1.807) is 12.1 Å². The van der Waals surface area contributed by atoms with E-state index in [1.165, 1.54) is 12.1 Å². The number of benzene rings is 3. The van der Waals surface area contributed by atoms with Crippen LogP contribution in [0.1, 0.15) is 0 Å². The molecule has 0 amide bonds. The molecule has 0 bridgehead atoms. The number of hydrogen-bond acceptors (Lipinski definition) is 7. The Bertz CT molecular complexity index is 1480. The molecule has 32 heavy (non-hydrogen) atoms. The molecule has 0 saturated carbocycles. The fourth-order valence-electron chi connectivity index (χ4n) is 3.57. The van der Waals surface area contributed by atoms with Gasteiger partial charge in [0.15, 0.2) is 0 Å². The van der Waals surface area contributed by atoms with Gasteiger partial charge in [0.05, 0.1) is 9.85 Å². The molecule has 0 radical (unpaired) electrons. The summed E-state index contributed by atoms with van der Waals surface area (Å²) in [6.07, 6.45) is 0. The van der Waals surface area contributed by atoms with Crippen LogP contribution in [0.2, 0.25) is 0 Å². The second-order valence-electron chi connectivity index (χ2n) is 6.89. The Morgan fingerprint density at radius 3 is 1.91 bits per heavy atom. The molecule has 2 aromatic heterocycles. The molecule has 3 aromatic carbocycles. The van der Waals surface area contributed by atoms with Crippen LogP contribution in [-0.2, 0) is 0 Å². The molecule has 5 rings (SSSR count). The van der Waals surface area contributed by atoms with Gasteiger partial charge in [-0.05, 0) is 90.5 Å². The molecular weight excluding hydrogens is 514 g/mol. The zero-order valence-electron chi connectivity index (χ0n) is 16.1. The van der Waals surface area contributed by atoms with E-state index in [1.807, 2.05) is 41.3 Å². The first kappa shape index (κ1) is 20.6. The Kier molecular flexibility index (Phi) is 5.12. The van der Waals surface area contributed by atoms with Crippen LogP contribution in [0, 0.1) is 20.2 Å². The lowest BCUT2D eigenvalue weighted by atomic mass is 10.0. The Balaban J connectivity index is 1.72. The van der Waals surface area contributed by atoms with Crippen molar-refractivity contribution in [3.05, 3.63) is 97.5 Å². The maximum Gasteiger partial charge on any atom is 0.326 e. The topological polar surface area (TPSA) is 89.5 Å². The van der Waals surface area contributed by atoms with Crippen LogP contribution in [0.3, 0.4) is 0 Å². The lowest BCUT2D eigenvalue weighted by molar-refractivity contribution is -0.380. The fourth-order valence-corrected chi connectivity index (χ4v) is 6.04. The molecule has 10 heteroatoms. The van der Waals surface area contributed by atoms with Crippen molar-refractivity contribution < 1.29 is 9.85 Å². The Hall–Kier alpha value is -3.34. The molecule has 0 aliphatic rings. The Labute approximate surface area is 197 Å². The van der Waals surface area contributed by atoms with Crippen LogP contribution in [0.15, 0.2) is 77.3 Å². The summed E-state index contributed by atoms with van der Waals surface area (Å²) in [4.78, 5) is 23.4. The third kappa shape index (κ3) is 3.52. The van der Waals surface area contributed by atoms with Crippen molar-refractivity contribution in [2.75, 3.05) is 4.90 Å². The summed E-state index contributed by atoms with van der Waals surface area (Å²) in [5.74, 6) is 0. The van der Waals surface area contributed by atoms with E-state index in [0.29, 0.717) is 10.0 Å². The molecule has 5 aromatic rings. The van der Waals surface area contributed by atoms with Crippen molar-refractivity contribution in [2.45, 2.75) is 0 Å². The van der Waals surface area contributed by atoms with Gasteiger partial charge in [-0.25, -0.2) is 0 Å². The van der Waals surface area contributed by atoms with Gasteiger partial charge in [-0.2, -0.15) is 0 Å². The number of halogens is 1. The van der Waals surface area contributed by atoms with E-state index in [0.717, 1.165) is 54.4 Å². The van der Waals surface area contributed by atoms with Crippen molar-refractivity contribution in [2.24, 2.45) is 0 Å². The van der Waals surface area contributed by atoms with Crippen molar-refractivity contribution in [3.63, 3.8) is 0 Å². The zero-order chi connectivity index (χ0) is 22.4. The SMILES string of the molecule is O=[N+]([O-])c1ccc(N(c2ccc3cc4ccccc4c(Br)c3c2)c2ccc([N+](=O)[O-])s2)s1. The lowest BCUT2D eigenvalue weighted by Gasteiger charge is -2.22. The van der Waals surface area contributed by atoms with E-state index in [2.05, 4.69) is 28.1 Å². The van der Waals surface area contributed by atoms with Crippen molar-refractivity contribution in [1.29, 1.82) is 0 Å². The quantitative estimate of drug-likeness (QED) is 0.131. The monoisotopic (exact) mass is 525 g/mol. The fraction of sp³-hybridized carbons (Fsp3) is 0.